The monoisotopic (exact) mass is 276 g/mol. The molecule has 0 saturated carbocycles. The first-order chi connectivity index (χ1) is 6.66. The molecule has 0 aliphatic rings. The zero-order chi connectivity index (χ0) is 10.6. The van der Waals surface area contributed by atoms with Gasteiger partial charge < -0.3 is 0 Å². The second-order valence-electron chi connectivity index (χ2n) is 3.12. The molecule has 1 aromatic heterocycles. The van der Waals surface area contributed by atoms with E-state index in [1.54, 1.807) is 0 Å². The summed E-state index contributed by atoms with van der Waals surface area (Å²) in [4.78, 5) is 0. The van der Waals surface area contributed by atoms with Gasteiger partial charge in [-0.3, -0.25) is 4.68 Å². The lowest BCUT2D eigenvalue weighted by molar-refractivity contribution is 0.719. The Morgan fingerprint density at radius 3 is 2.71 bits per heavy atom. The molecule has 1 rings (SSSR count). The summed E-state index contributed by atoms with van der Waals surface area (Å²) in [6.07, 6.45) is 6.18. The molecule has 0 atom stereocenters. The third-order valence-electron chi connectivity index (χ3n) is 2.02. The van der Waals surface area contributed by atoms with E-state index in [9.17, 15) is 0 Å². The predicted octanol–water partition coefficient (Wildman–Crippen LogP) is 3.27. The smallest absolute Gasteiger partial charge is 0.0850 e. The maximum atomic E-state index is 6.10. The van der Waals surface area contributed by atoms with Crippen LogP contribution in [0.15, 0.2) is 12.2 Å². The average Bonchev–Trinajstić information content (AvgIpc) is 2.38. The van der Waals surface area contributed by atoms with Gasteiger partial charge in [0.05, 0.1) is 16.4 Å². The molecule has 0 bridgehead atoms. The average molecular weight is 278 g/mol. The van der Waals surface area contributed by atoms with Gasteiger partial charge in [0.15, 0.2) is 0 Å². The van der Waals surface area contributed by atoms with E-state index in [4.69, 9.17) is 11.6 Å². The Morgan fingerprint density at radius 2 is 2.21 bits per heavy atom. The van der Waals surface area contributed by atoms with Crippen molar-refractivity contribution in [1.29, 1.82) is 0 Å². The number of alkyl halides is 1. The van der Waals surface area contributed by atoms with Gasteiger partial charge in [-0.2, -0.15) is 5.10 Å². The topological polar surface area (TPSA) is 17.8 Å². The maximum Gasteiger partial charge on any atom is 0.0850 e. The van der Waals surface area contributed by atoms with Crippen LogP contribution < -0.4 is 0 Å². The Bertz CT molecular complexity index is 331. The van der Waals surface area contributed by atoms with Crippen molar-refractivity contribution >= 4 is 27.5 Å². The minimum atomic E-state index is 0.788. The van der Waals surface area contributed by atoms with Crippen LogP contribution in [0.1, 0.15) is 17.8 Å². The number of hydrogen-bond donors (Lipinski definition) is 0. The van der Waals surface area contributed by atoms with Gasteiger partial charge in [-0.05, 0) is 13.3 Å². The summed E-state index contributed by atoms with van der Waals surface area (Å²) < 4.78 is 1.84. The van der Waals surface area contributed by atoms with Crippen LogP contribution in [0, 0.1) is 6.92 Å². The van der Waals surface area contributed by atoms with E-state index in [1.165, 1.54) is 0 Å². The summed E-state index contributed by atoms with van der Waals surface area (Å²) in [6.45, 7) is 1.92. The van der Waals surface area contributed by atoms with E-state index in [1.807, 2.05) is 18.7 Å². The standard InChI is InChI=1S/C10H14BrClN2/c1-8-10(12)9(14(2)13-8)6-4-3-5-7-11/h3-4H,5-7H2,1-2H3. The van der Waals surface area contributed by atoms with Crippen LogP contribution in [-0.2, 0) is 13.5 Å². The number of nitrogens with zero attached hydrogens (tertiary/aromatic N) is 2. The fourth-order valence-corrected chi connectivity index (χ4v) is 1.78. The highest BCUT2D eigenvalue weighted by Crippen LogP contribution is 2.19. The first-order valence-electron chi connectivity index (χ1n) is 4.55. The highest BCUT2D eigenvalue weighted by Gasteiger charge is 2.08. The van der Waals surface area contributed by atoms with Gasteiger partial charge in [0.2, 0.25) is 0 Å². The Kier molecular flexibility index (Phi) is 4.69. The molecule has 1 aromatic rings. The molecule has 0 spiro atoms. The van der Waals surface area contributed by atoms with Crippen LogP contribution in [-0.4, -0.2) is 15.1 Å². The second-order valence-corrected chi connectivity index (χ2v) is 4.29. The van der Waals surface area contributed by atoms with Crippen molar-refractivity contribution in [3.8, 4) is 0 Å². The molecule has 0 aliphatic heterocycles. The molecule has 0 radical (unpaired) electrons. The number of rotatable bonds is 4. The van der Waals surface area contributed by atoms with Crippen molar-refractivity contribution in [1.82, 2.24) is 9.78 Å². The van der Waals surface area contributed by atoms with Crippen molar-refractivity contribution in [2.24, 2.45) is 7.05 Å². The molecule has 0 amide bonds. The van der Waals surface area contributed by atoms with Crippen LogP contribution in [0.5, 0.6) is 0 Å². The van der Waals surface area contributed by atoms with Crippen molar-refractivity contribution in [2.75, 3.05) is 5.33 Å². The molecule has 0 saturated heterocycles. The van der Waals surface area contributed by atoms with Crippen LogP contribution in [0.3, 0.4) is 0 Å². The van der Waals surface area contributed by atoms with Crippen molar-refractivity contribution in [2.45, 2.75) is 19.8 Å². The number of aryl methyl sites for hydroxylation is 2. The quantitative estimate of drug-likeness (QED) is 0.610. The molecule has 0 fully saturated rings. The van der Waals surface area contributed by atoms with Crippen LogP contribution in [0.2, 0.25) is 5.02 Å². The molecule has 14 heavy (non-hydrogen) atoms. The van der Waals surface area contributed by atoms with Gasteiger partial charge in [-0.1, -0.05) is 39.7 Å². The van der Waals surface area contributed by atoms with Gasteiger partial charge in [-0.15, -0.1) is 0 Å². The molecule has 4 heteroatoms. The van der Waals surface area contributed by atoms with E-state index < -0.39 is 0 Å². The number of allylic oxidation sites excluding steroid dienone is 2. The largest absolute Gasteiger partial charge is 0.271 e. The normalized spacial score (nSPS) is 11.4. The highest BCUT2D eigenvalue weighted by atomic mass is 79.9. The van der Waals surface area contributed by atoms with Gasteiger partial charge in [0.25, 0.3) is 0 Å². The summed E-state index contributed by atoms with van der Waals surface area (Å²) in [7, 11) is 1.92. The van der Waals surface area contributed by atoms with Gasteiger partial charge in [0, 0.05) is 18.8 Å². The molecule has 2 nitrogen and oxygen atoms in total. The molecule has 1 heterocycles. The summed E-state index contributed by atoms with van der Waals surface area (Å²) in [6, 6.07) is 0. The molecule has 0 aliphatic carbocycles. The first kappa shape index (κ1) is 11.8. The summed E-state index contributed by atoms with van der Waals surface area (Å²) in [5.41, 5.74) is 1.98. The Labute approximate surface area is 98.1 Å². The zero-order valence-electron chi connectivity index (χ0n) is 8.43. The van der Waals surface area contributed by atoms with Gasteiger partial charge >= 0.3 is 0 Å². The molecule has 78 valence electrons. The predicted molar refractivity (Wildman–Crippen MR) is 64.2 cm³/mol. The number of aromatic nitrogens is 2. The van der Waals surface area contributed by atoms with Crippen LogP contribution in [0.25, 0.3) is 0 Å². The molecule has 0 N–H and O–H groups in total. The minimum Gasteiger partial charge on any atom is -0.271 e. The van der Waals surface area contributed by atoms with Gasteiger partial charge in [0.1, 0.15) is 0 Å². The zero-order valence-corrected chi connectivity index (χ0v) is 10.8. The lowest BCUT2D eigenvalue weighted by atomic mass is 10.2. The van der Waals surface area contributed by atoms with Gasteiger partial charge in [-0.25, -0.2) is 0 Å². The lowest BCUT2D eigenvalue weighted by Crippen LogP contribution is -1.96. The Balaban J connectivity index is 2.67. The molecule has 0 aromatic carbocycles. The SMILES string of the molecule is Cc1nn(C)c(CC=CCCBr)c1Cl. The minimum absolute atomic E-state index is 0.788. The van der Waals surface area contributed by atoms with Crippen molar-refractivity contribution in [3.63, 3.8) is 0 Å². The third-order valence-corrected chi connectivity index (χ3v) is 2.96. The van der Waals surface area contributed by atoms with Crippen LogP contribution in [0.4, 0.5) is 0 Å². The summed E-state index contributed by atoms with van der Waals surface area (Å²) in [5.74, 6) is 0. The fraction of sp³-hybridized carbons (Fsp3) is 0.500. The Hall–Kier alpha value is -0.280. The van der Waals surface area contributed by atoms with E-state index in [-0.39, 0.29) is 0 Å². The summed E-state index contributed by atoms with van der Waals surface area (Å²) in [5, 5.41) is 6.04. The van der Waals surface area contributed by atoms with Crippen LogP contribution >= 0.6 is 27.5 Å². The molecule has 0 unspecified atom stereocenters. The first-order valence-corrected chi connectivity index (χ1v) is 6.05. The van der Waals surface area contributed by atoms with E-state index >= 15 is 0 Å². The fourth-order valence-electron chi connectivity index (χ4n) is 1.28. The van der Waals surface area contributed by atoms with Crippen molar-refractivity contribution in [3.05, 3.63) is 28.6 Å². The second kappa shape index (κ2) is 5.56. The number of hydrogen-bond acceptors (Lipinski definition) is 1. The van der Waals surface area contributed by atoms with Crippen molar-refractivity contribution < 1.29 is 0 Å². The molecular formula is C10H14BrClN2. The van der Waals surface area contributed by atoms with E-state index in [0.717, 1.165) is 34.6 Å². The van der Waals surface area contributed by atoms with E-state index in [2.05, 4.69) is 33.2 Å². The highest BCUT2D eigenvalue weighted by molar-refractivity contribution is 9.09. The Morgan fingerprint density at radius 1 is 1.50 bits per heavy atom. The summed E-state index contributed by atoms with van der Waals surface area (Å²) >= 11 is 9.47. The van der Waals surface area contributed by atoms with E-state index in [0.29, 0.717) is 0 Å². The number of halogens is 2. The lowest BCUT2D eigenvalue weighted by Gasteiger charge is -1.97. The maximum absolute atomic E-state index is 6.10. The molecular weight excluding hydrogens is 263 g/mol. The third kappa shape index (κ3) is 2.85.